The fourth-order valence-corrected chi connectivity index (χ4v) is 1.59. The molecule has 114 valence electrons. The van der Waals surface area contributed by atoms with Crippen molar-refractivity contribution >= 4 is 17.8 Å². The molecule has 0 unspecified atom stereocenters. The van der Waals surface area contributed by atoms with E-state index in [0.717, 1.165) is 5.56 Å². The normalized spacial score (nSPS) is 9.86. The molecule has 0 saturated heterocycles. The molecule has 0 aliphatic rings. The van der Waals surface area contributed by atoms with Crippen LogP contribution in [0, 0.1) is 6.92 Å². The second-order valence-corrected chi connectivity index (χ2v) is 4.60. The molecule has 1 aromatic rings. The van der Waals surface area contributed by atoms with Crippen LogP contribution in [0.25, 0.3) is 0 Å². The molecule has 0 aromatic heterocycles. The third-order valence-electron chi connectivity index (χ3n) is 2.81. The third-order valence-corrected chi connectivity index (χ3v) is 2.81. The van der Waals surface area contributed by atoms with Crippen molar-refractivity contribution in [1.29, 1.82) is 0 Å². The Morgan fingerprint density at radius 1 is 1.19 bits per heavy atom. The number of benzene rings is 1. The highest BCUT2D eigenvalue weighted by atomic mass is 16.5. The lowest BCUT2D eigenvalue weighted by atomic mass is 10.1. The number of nitrogens with one attached hydrogen (secondary N) is 1. The molecule has 0 radical (unpaired) electrons. The van der Waals surface area contributed by atoms with E-state index >= 15 is 0 Å². The van der Waals surface area contributed by atoms with Gasteiger partial charge in [-0.15, -0.1) is 0 Å². The van der Waals surface area contributed by atoms with Crippen molar-refractivity contribution in [3.8, 4) is 0 Å². The number of hydrogen-bond acceptors (Lipinski definition) is 4. The van der Waals surface area contributed by atoms with Crippen molar-refractivity contribution < 1.29 is 19.1 Å². The Bertz CT molecular complexity index is 511. The van der Waals surface area contributed by atoms with Gasteiger partial charge < -0.3 is 15.0 Å². The van der Waals surface area contributed by atoms with Crippen LogP contribution in [0.5, 0.6) is 0 Å². The van der Waals surface area contributed by atoms with Gasteiger partial charge in [0.25, 0.3) is 5.91 Å². The van der Waals surface area contributed by atoms with Crippen molar-refractivity contribution in [2.45, 2.75) is 13.8 Å². The number of aryl methyl sites for hydroxylation is 1. The predicted octanol–water partition coefficient (Wildman–Crippen LogP) is 0.746. The highest BCUT2D eigenvalue weighted by Gasteiger charge is 2.14. The van der Waals surface area contributed by atoms with E-state index in [4.69, 9.17) is 4.74 Å². The van der Waals surface area contributed by atoms with Crippen LogP contribution in [-0.4, -0.2) is 49.4 Å². The molecule has 0 atom stereocenters. The minimum absolute atomic E-state index is 0.132. The first-order valence-electron chi connectivity index (χ1n) is 6.68. The predicted molar refractivity (Wildman–Crippen MR) is 77.8 cm³/mol. The zero-order valence-corrected chi connectivity index (χ0v) is 12.5. The van der Waals surface area contributed by atoms with E-state index in [-0.39, 0.29) is 31.5 Å². The molecule has 6 nitrogen and oxygen atoms in total. The van der Waals surface area contributed by atoms with Crippen molar-refractivity contribution in [1.82, 2.24) is 10.2 Å². The number of likely N-dealkylation sites (N-methyl/N-ethyl adjacent to an activating group) is 1. The van der Waals surface area contributed by atoms with Crippen LogP contribution < -0.4 is 5.32 Å². The van der Waals surface area contributed by atoms with Crippen molar-refractivity contribution in [2.24, 2.45) is 0 Å². The van der Waals surface area contributed by atoms with Crippen LogP contribution >= 0.6 is 0 Å². The molecule has 0 fully saturated rings. The first-order chi connectivity index (χ1) is 9.93. The molecule has 1 rings (SSSR count). The van der Waals surface area contributed by atoms with Gasteiger partial charge in [-0.05, 0) is 26.0 Å². The number of carbonyl (C=O) groups is 3. The van der Waals surface area contributed by atoms with Gasteiger partial charge in [-0.25, -0.2) is 0 Å². The summed E-state index contributed by atoms with van der Waals surface area (Å²) >= 11 is 0. The minimum Gasteiger partial charge on any atom is -0.465 e. The summed E-state index contributed by atoms with van der Waals surface area (Å²) in [6.07, 6.45) is 0. The smallest absolute Gasteiger partial charge is 0.325 e. The van der Waals surface area contributed by atoms with Gasteiger partial charge in [0.05, 0.1) is 13.2 Å². The van der Waals surface area contributed by atoms with Gasteiger partial charge in [0.15, 0.2) is 0 Å². The molecule has 1 N–H and O–H groups in total. The van der Waals surface area contributed by atoms with Gasteiger partial charge in [0.1, 0.15) is 6.54 Å². The second-order valence-electron chi connectivity index (χ2n) is 4.60. The molecule has 0 bridgehead atoms. The van der Waals surface area contributed by atoms with E-state index in [1.807, 2.05) is 19.1 Å². The average molecular weight is 292 g/mol. The summed E-state index contributed by atoms with van der Waals surface area (Å²) in [5, 5.41) is 2.52. The van der Waals surface area contributed by atoms with Gasteiger partial charge in [0.2, 0.25) is 5.91 Å². The number of hydrogen-bond donors (Lipinski definition) is 1. The topological polar surface area (TPSA) is 75.7 Å². The molecule has 0 heterocycles. The van der Waals surface area contributed by atoms with E-state index in [9.17, 15) is 14.4 Å². The Balaban J connectivity index is 2.43. The molecule has 0 spiro atoms. The number of esters is 1. The quantitative estimate of drug-likeness (QED) is 0.785. The SMILES string of the molecule is CCOC(=O)CN(C)C(=O)CNC(=O)c1ccc(C)cc1. The minimum atomic E-state index is -0.474. The molecule has 21 heavy (non-hydrogen) atoms. The second kappa shape index (κ2) is 8.04. The highest BCUT2D eigenvalue weighted by molar-refractivity contribution is 5.96. The average Bonchev–Trinajstić information content (AvgIpc) is 2.45. The highest BCUT2D eigenvalue weighted by Crippen LogP contribution is 2.02. The van der Waals surface area contributed by atoms with Crippen molar-refractivity contribution in [2.75, 3.05) is 26.7 Å². The van der Waals surface area contributed by atoms with E-state index in [2.05, 4.69) is 5.32 Å². The number of rotatable bonds is 6. The van der Waals surface area contributed by atoms with Crippen LogP contribution in [0.3, 0.4) is 0 Å². The van der Waals surface area contributed by atoms with Gasteiger partial charge in [0, 0.05) is 12.6 Å². The maximum absolute atomic E-state index is 11.8. The zero-order chi connectivity index (χ0) is 15.8. The van der Waals surface area contributed by atoms with E-state index in [0.29, 0.717) is 5.56 Å². The van der Waals surface area contributed by atoms with E-state index in [1.165, 1.54) is 11.9 Å². The first kappa shape index (κ1) is 16.7. The van der Waals surface area contributed by atoms with Crippen LogP contribution in [0.4, 0.5) is 0 Å². The summed E-state index contributed by atoms with van der Waals surface area (Å²) in [4.78, 5) is 36.1. The molecule has 0 saturated carbocycles. The summed E-state index contributed by atoms with van der Waals surface area (Å²) in [7, 11) is 1.48. The van der Waals surface area contributed by atoms with Crippen molar-refractivity contribution in [3.63, 3.8) is 0 Å². The third kappa shape index (κ3) is 5.64. The summed E-state index contributed by atoms with van der Waals surface area (Å²) in [6.45, 7) is 3.60. The monoisotopic (exact) mass is 292 g/mol. The lowest BCUT2D eigenvalue weighted by Gasteiger charge is -2.16. The maximum Gasteiger partial charge on any atom is 0.325 e. The Labute approximate surface area is 124 Å². The fourth-order valence-electron chi connectivity index (χ4n) is 1.59. The summed E-state index contributed by atoms with van der Waals surface area (Å²) in [6, 6.07) is 7.03. The Morgan fingerprint density at radius 3 is 2.38 bits per heavy atom. The van der Waals surface area contributed by atoms with Gasteiger partial charge >= 0.3 is 5.97 Å². The van der Waals surface area contributed by atoms with E-state index < -0.39 is 5.97 Å². The Kier molecular flexibility index (Phi) is 6.39. The molecule has 2 amide bonds. The molecule has 6 heteroatoms. The lowest BCUT2D eigenvalue weighted by Crippen LogP contribution is -2.40. The number of nitrogens with zero attached hydrogens (tertiary/aromatic N) is 1. The largest absolute Gasteiger partial charge is 0.465 e. The molecular weight excluding hydrogens is 272 g/mol. The molecule has 0 aliphatic heterocycles. The first-order valence-corrected chi connectivity index (χ1v) is 6.68. The summed E-state index contributed by atoms with van der Waals surface area (Å²) < 4.78 is 4.75. The number of amides is 2. The fraction of sp³-hybridized carbons (Fsp3) is 0.400. The van der Waals surface area contributed by atoms with Crippen molar-refractivity contribution in [3.05, 3.63) is 35.4 Å². The van der Waals surface area contributed by atoms with Crippen LogP contribution in [0.2, 0.25) is 0 Å². The van der Waals surface area contributed by atoms with Gasteiger partial charge in [-0.3, -0.25) is 14.4 Å². The van der Waals surface area contributed by atoms with Crippen LogP contribution in [0.15, 0.2) is 24.3 Å². The molecule has 1 aromatic carbocycles. The van der Waals surface area contributed by atoms with Crippen LogP contribution in [-0.2, 0) is 14.3 Å². The van der Waals surface area contributed by atoms with Gasteiger partial charge in [-0.1, -0.05) is 17.7 Å². The number of carbonyl (C=O) groups excluding carboxylic acids is 3. The van der Waals surface area contributed by atoms with Crippen LogP contribution in [0.1, 0.15) is 22.8 Å². The molecular formula is C15H20N2O4. The number of ether oxygens (including phenoxy) is 1. The lowest BCUT2D eigenvalue weighted by molar-refractivity contribution is -0.147. The van der Waals surface area contributed by atoms with Gasteiger partial charge in [-0.2, -0.15) is 0 Å². The Hall–Kier alpha value is -2.37. The zero-order valence-electron chi connectivity index (χ0n) is 12.5. The van der Waals surface area contributed by atoms with E-state index in [1.54, 1.807) is 19.1 Å². The maximum atomic E-state index is 11.8. The summed E-state index contributed by atoms with van der Waals surface area (Å²) in [5.41, 5.74) is 1.54. The Morgan fingerprint density at radius 2 is 1.81 bits per heavy atom. The standard InChI is InChI=1S/C15H20N2O4/c1-4-21-14(19)10-17(3)13(18)9-16-15(20)12-7-5-11(2)6-8-12/h5-8H,4,9-10H2,1-3H3,(H,16,20). The molecule has 0 aliphatic carbocycles. The summed E-state index contributed by atoms with van der Waals surface area (Å²) in [5.74, 6) is -1.16.